The number of hydrogen-bond acceptors (Lipinski definition) is 4. The molecule has 0 radical (unpaired) electrons. The second-order valence-corrected chi connectivity index (χ2v) is 2.16. The molecule has 0 aliphatic carbocycles. The van der Waals surface area contributed by atoms with Crippen LogP contribution in [0.1, 0.15) is 6.42 Å². The average molecular weight is 134 g/mol. The van der Waals surface area contributed by atoms with Crippen molar-refractivity contribution in [1.29, 1.82) is 0 Å². The van der Waals surface area contributed by atoms with Crippen LogP contribution in [0.25, 0.3) is 0 Å². The van der Waals surface area contributed by atoms with E-state index in [1.807, 2.05) is 0 Å². The minimum Gasteiger partial charge on any atom is -0.390 e. The van der Waals surface area contributed by atoms with E-state index in [0.717, 1.165) is 0 Å². The molecule has 0 amide bonds. The minimum absolute atomic E-state index is 0.0162. The molecule has 1 aliphatic rings. The van der Waals surface area contributed by atoms with Gasteiger partial charge in [-0.2, -0.15) is 0 Å². The van der Waals surface area contributed by atoms with E-state index in [-0.39, 0.29) is 13.0 Å². The summed E-state index contributed by atoms with van der Waals surface area (Å²) < 4.78 is 4.61. The van der Waals surface area contributed by atoms with Gasteiger partial charge in [0.2, 0.25) is 0 Å². The monoisotopic (exact) mass is 134 g/mol. The van der Waals surface area contributed by atoms with Gasteiger partial charge in [-0.3, -0.25) is 0 Å². The van der Waals surface area contributed by atoms with Gasteiger partial charge in [0, 0.05) is 6.42 Å². The lowest BCUT2D eigenvalue weighted by Crippen LogP contribution is -2.40. The average Bonchev–Trinajstić information content (AvgIpc) is 1.80. The Kier molecular flexibility index (Phi) is 2.02. The van der Waals surface area contributed by atoms with E-state index < -0.39 is 18.5 Å². The summed E-state index contributed by atoms with van der Waals surface area (Å²) in [6, 6.07) is 0. The van der Waals surface area contributed by atoms with Gasteiger partial charge in [-0.05, 0) is 0 Å². The Balaban J connectivity index is 2.35. The third kappa shape index (κ3) is 1.62. The number of aliphatic hydroxyl groups is 3. The quantitative estimate of drug-likeness (QED) is 0.375. The predicted octanol–water partition coefficient (Wildman–Crippen LogP) is -1.55. The Morgan fingerprint density at radius 1 is 1.11 bits per heavy atom. The van der Waals surface area contributed by atoms with Crippen LogP contribution in [0.2, 0.25) is 0 Å². The van der Waals surface area contributed by atoms with E-state index in [4.69, 9.17) is 15.3 Å². The van der Waals surface area contributed by atoms with Gasteiger partial charge >= 0.3 is 0 Å². The molecule has 1 fully saturated rings. The highest BCUT2D eigenvalue weighted by molar-refractivity contribution is 4.72. The first-order valence-electron chi connectivity index (χ1n) is 2.86. The van der Waals surface area contributed by atoms with Crippen LogP contribution in [0.5, 0.6) is 0 Å². The standard InChI is InChI=1S/C5H10O4/c6-3-1-5(8)9-2-4(3)7/h3-8H,1-2H2/t3?,4-,5+/m0/s1. The number of aliphatic hydroxyl groups excluding tert-OH is 3. The van der Waals surface area contributed by atoms with Crippen molar-refractivity contribution in [3.8, 4) is 0 Å². The number of hydrogen-bond donors (Lipinski definition) is 3. The summed E-state index contributed by atoms with van der Waals surface area (Å²) >= 11 is 0. The fourth-order valence-electron chi connectivity index (χ4n) is 0.752. The van der Waals surface area contributed by atoms with Gasteiger partial charge < -0.3 is 20.1 Å². The van der Waals surface area contributed by atoms with Crippen LogP contribution in [-0.4, -0.2) is 40.4 Å². The molecule has 1 aliphatic heterocycles. The molecule has 0 aromatic carbocycles. The van der Waals surface area contributed by atoms with E-state index in [2.05, 4.69) is 4.74 Å². The summed E-state index contributed by atoms with van der Waals surface area (Å²) in [4.78, 5) is 0. The zero-order chi connectivity index (χ0) is 6.85. The molecule has 0 saturated carbocycles. The Morgan fingerprint density at radius 3 is 2.22 bits per heavy atom. The fraction of sp³-hybridized carbons (Fsp3) is 1.00. The van der Waals surface area contributed by atoms with Gasteiger partial charge in [0.25, 0.3) is 0 Å². The maximum atomic E-state index is 8.86. The van der Waals surface area contributed by atoms with Crippen LogP contribution in [0.15, 0.2) is 0 Å². The molecule has 0 aromatic rings. The van der Waals surface area contributed by atoms with E-state index in [9.17, 15) is 0 Å². The first kappa shape index (κ1) is 6.95. The molecule has 4 nitrogen and oxygen atoms in total. The van der Waals surface area contributed by atoms with Crippen molar-refractivity contribution in [2.24, 2.45) is 0 Å². The smallest absolute Gasteiger partial charge is 0.157 e. The summed E-state index contributed by atoms with van der Waals surface area (Å²) in [5.74, 6) is 0. The maximum absolute atomic E-state index is 8.86. The lowest BCUT2D eigenvalue weighted by atomic mass is 10.1. The third-order valence-corrected chi connectivity index (χ3v) is 1.35. The topological polar surface area (TPSA) is 69.9 Å². The van der Waals surface area contributed by atoms with Crippen molar-refractivity contribution in [3.05, 3.63) is 0 Å². The summed E-state index contributed by atoms with van der Waals surface area (Å²) in [7, 11) is 0. The molecule has 1 unspecified atom stereocenters. The van der Waals surface area contributed by atoms with E-state index >= 15 is 0 Å². The van der Waals surface area contributed by atoms with Crippen LogP contribution in [-0.2, 0) is 4.74 Å². The van der Waals surface area contributed by atoms with Gasteiger partial charge in [-0.1, -0.05) is 0 Å². The Bertz CT molecular complexity index is 95.0. The largest absolute Gasteiger partial charge is 0.390 e. The Hall–Kier alpha value is -0.160. The van der Waals surface area contributed by atoms with Crippen LogP contribution in [0.3, 0.4) is 0 Å². The SMILES string of the molecule is OC1C[C@H](O)OC[C@@H]1O. The molecular weight excluding hydrogens is 124 g/mol. The second-order valence-electron chi connectivity index (χ2n) is 2.16. The van der Waals surface area contributed by atoms with Gasteiger partial charge in [0.15, 0.2) is 6.29 Å². The molecule has 4 heteroatoms. The van der Waals surface area contributed by atoms with Crippen molar-refractivity contribution in [2.75, 3.05) is 6.61 Å². The van der Waals surface area contributed by atoms with Gasteiger partial charge in [0.1, 0.15) is 6.10 Å². The number of ether oxygens (including phenoxy) is 1. The van der Waals surface area contributed by atoms with Crippen molar-refractivity contribution < 1.29 is 20.1 Å². The summed E-state index contributed by atoms with van der Waals surface area (Å²) in [5, 5.41) is 26.4. The molecule has 1 saturated heterocycles. The molecule has 1 heterocycles. The van der Waals surface area contributed by atoms with Crippen LogP contribution >= 0.6 is 0 Å². The molecule has 3 N–H and O–H groups in total. The molecule has 0 aromatic heterocycles. The highest BCUT2D eigenvalue weighted by Crippen LogP contribution is 2.11. The summed E-state index contributed by atoms with van der Waals surface area (Å²) in [6.45, 7) is 0.0162. The molecule has 0 spiro atoms. The third-order valence-electron chi connectivity index (χ3n) is 1.35. The Morgan fingerprint density at radius 2 is 1.78 bits per heavy atom. The Labute approximate surface area is 52.7 Å². The molecule has 54 valence electrons. The van der Waals surface area contributed by atoms with Crippen LogP contribution < -0.4 is 0 Å². The molecule has 3 atom stereocenters. The lowest BCUT2D eigenvalue weighted by Gasteiger charge is -2.26. The van der Waals surface area contributed by atoms with E-state index in [0.29, 0.717) is 0 Å². The van der Waals surface area contributed by atoms with Crippen molar-refractivity contribution >= 4 is 0 Å². The molecule has 9 heavy (non-hydrogen) atoms. The first-order chi connectivity index (χ1) is 4.20. The zero-order valence-corrected chi connectivity index (χ0v) is 4.90. The minimum atomic E-state index is -0.914. The van der Waals surface area contributed by atoms with Gasteiger partial charge in [-0.25, -0.2) is 0 Å². The molecule has 0 bridgehead atoms. The van der Waals surface area contributed by atoms with Crippen molar-refractivity contribution in [3.63, 3.8) is 0 Å². The zero-order valence-electron chi connectivity index (χ0n) is 4.90. The van der Waals surface area contributed by atoms with Gasteiger partial charge in [-0.15, -0.1) is 0 Å². The molecule has 1 rings (SSSR count). The second kappa shape index (κ2) is 2.62. The normalized spacial score (nSPS) is 45.0. The van der Waals surface area contributed by atoms with Crippen molar-refractivity contribution in [2.45, 2.75) is 24.9 Å². The predicted molar refractivity (Wildman–Crippen MR) is 28.6 cm³/mol. The van der Waals surface area contributed by atoms with Crippen LogP contribution in [0.4, 0.5) is 0 Å². The van der Waals surface area contributed by atoms with Gasteiger partial charge in [0.05, 0.1) is 12.7 Å². The van der Waals surface area contributed by atoms with E-state index in [1.165, 1.54) is 0 Å². The number of rotatable bonds is 0. The highest BCUT2D eigenvalue weighted by atomic mass is 16.6. The summed E-state index contributed by atoms with van der Waals surface area (Å²) in [5.41, 5.74) is 0. The van der Waals surface area contributed by atoms with Crippen molar-refractivity contribution in [1.82, 2.24) is 0 Å². The fourth-order valence-corrected chi connectivity index (χ4v) is 0.752. The van der Waals surface area contributed by atoms with E-state index in [1.54, 1.807) is 0 Å². The van der Waals surface area contributed by atoms with Crippen LogP contribution in [0, 0.1) is 0 Å². The molecular formula is C5H10O4. The maximum Gasteiger partial charge on any atom is 0.157 e. The lowest BCUT2D eigenvalue weighted by molar-refractivity contribution is -0.193. The highest BCUT2D eigenvalue weighted by Gasteiger charge is 2.26. The summed E-state index contributed by atoms with van der Waals surface area (Å²) in [6.07, 6.45) is -2.49. The first-order valence-corrected chi connectivity index (χ1v) is 2.86.